The molecule has 7 heteroatoms. The van der Waals surface area contributed by atoms with Crippen molar-refractivity contribution in [2.24, 2.45) is 0 Å². The van der Waals surface area contributed by atoms with Crippen molar-refractivity contribution < 1.29 is 34.8 Å². The molecule has 0 aromatic heterocycles. The van der Waals surface area contributed by atoms with Crippen LogP contribution in [0.3, 0.4) is 0 Å². The molecule has 0 aliphatic carbocycles. The lowest BCUT2D eigenvalue weighted by atomic mass is 9.61. The van der Waals surface area contributed by atoms with Crippen LogP contribution in [0.15, 0.2) is 60.7 Å². The van der Waals surface area contributed by atoms with Crippen LogP contribution in [0.5, 0.6) is 0 Å². The molecule has 1 unspecified atom stereocenters. The quantitative estimate of drug-likeness (QED) is 0.596. The Morgan fingerprint density at radius 1 is 0.720 bits per heavy atom. The first-order valence-electron chi connectivity index (χ1n) is 7.29. The van der Waals surface area contributed by atoms with Crippen LogP contribution in [0.4, 0.5) is 0 Å². The lowest BCUT2D eigenvalue weighted by Crippen LogP contribution is -2.62. The molecule has 4 N–H and O–H groups in total. The Morgan fingerprint density at radius 2 is 1.12 bits per heavy atom. The van der Waals surface area contributed by atoms with Crippen molar-refractivity contribution in [1.29, 1.82) is 0 Å². The molecule has 2 rings (SSSR count). The number of rotatable bonds is 7. The van der Waals surface area contributed by atoms with Gasteiger partial charge in [-0.05, 0) is 11.1 Å². The highest BCUT2D eigenvalue weighted by atomic mass is 16.4. The third kappa shape index (κ3) is 2.85. The molecule has 2 aromatic rings. The van der Waals surface area contributed by atoms with E-state index in [9.17, 15) is 29.7 Å². The van der Waals surface area contributed by atoms with E-state index >= 15 is 0 Å². The Hall–Kier alpha value is -3.19. The van der Waals surface area contributed by atoms with Gasteiger partial charge in [0.1, 0.15) is 0 Å². The first-order chi connectivity index (χ1) is 11.8. The van der Waals surface area contributed by atoms with Gasteiger partial charge in [0.05, 0.1) is 6.42 Å². The van der Waals surface area contributed by atoms with E-state index in [1.54, 1.807) is 12.1 Å². The van der Waals surface area contributed by atoms with Crippen LogP contribution in [-0.2, 0) is 19.8 Å². The van der Waals surface area contributed by atoms with Gasteiger partial charge in [-0.2, -0.15) is 0 Å². The summed E-state index contributed by atoms with van der Waals surface area (Å²) in [7, 11) is 0. The van der Waals surface area contributed by atoms with E-state index in [-0.39, 0.29) is 11.1 Å². The molecule has 0 fully saturated rings. The van der Waals surface area contributed by atoms with Crippen molar-refractivity contribution in [1.82, 2.24) is 0 Å². The molecule has 0 saturated carbocycles. The highest BCUT2D eigenvalue weighted by Gasteiger charge is 2.64. The first-order valence-corrected chi connectivity index (χ1v) is 7.29. The Bertz CT molecular complexity index is 746. The topological polar surface area (TPSA) is 132 Å². The maximum absolute atomic E-state index is 12.3. The molecule has 0 aliphatic rings. The van der Waals surface area contributed by atoms with Crippen molar-refractivity contribution >= 4 is 17.9 Å². The predicted molar refractivity (Wildman–Crippen MR) is 86.1 cm³/mol. The standard InChI is InChI=1S/C18H16O7/c19-14(20)11-17(25,15(21)22)18(16(23)24,12-7-3-1-4-8-12)13-9-5-2-6-10-13/h1-10,25H,11H2,(H,19,20)(H,21,22)(H,23,24). The van der Waals surface area contributed by atoms with Crippen molar-refractivity contribution in [3.8, 4) is 0 Å². The predicted octanol–water partition coefficient (Wildman–Crippen LogP) is 1.35. The fourth-order valence-electron chi connectivity index (χ4n) is 3.03. The summed E-state index contributed by atoms with van der Waals surface area (Å²) < 4.78 is 0. The Balaban J connectivity index is 2.95. The zero-order chi connectivity index (χ0) is 18.7. The van der Waals surface area contributed by atoms with Gasteiger partial charge in [-0.3, -0.25) is 9.59 Å². The molecule has 0 bridgehead atoms. The van der Waals surface area contributed by atoms with Crippen LogP contribution in [0, 0.1) is 0 Å². The maximum atomic E-state index is 12.3. The molecule has 0 spiro atoms. The normalized spacial score (nSPS) is 13.6. The van der Waals surface area contributed by atoms with Crippen molar-refractivity contribution in [3.05, 3.63) is 71.8 Å². The van der Waals surface area contributed by atoms with Crippen LogP contribution in [0.25, 0.3) is 0 Å². The molecular weight excluding hydrogens is 328 g/mol. The third-order valence-corrected chi connectivity index (χ3v) is 4.12. The second-order valence-electron chi connectivity index (χ2n) is 5.52. The maximum Gasteiger partial charge on any atom is 0.338 e. The van der Waals surface area contributed by atoms with E-state index < -0.39 is 35.3 Å². The number of carboxylic acids is 3. The number of carboxylic acid groups (broad SMARTS) is 3. The Kier molecular flexibility index (Phi) is 4.89. The van der Waals surface area contributed by atoms with E-state index in [0.29, 0.717) is 0 Å². The lowest BCUT2D eigenvalue weighted by Gasteiger charge is -2.41. The molecule has 0 radical (unpaired) electrons. The monoisotopic (exact) mass is 344 g/mol. The minimum absolute atomic E-state index is 0.0418. The summed E-state index contributed by atoms with van der Waals surface area (Å²) in [5.74, 6) is -5.25. The number of hydrogen-bond donors (Lipinski definition) is 4. The largest absolute Gasteiger partial charge is 0.481 e. The molecule has 130 valence electrons. The summed E-state index contributed by atoms with van der Waals surface area (Å²) >= 11 is 0. The summed E-state index contributed by atoms with van der Waals surface area (Å²) in [6.45, 7) is 0. The van der Waals surface area contributed by atoms with Gasteiger partial charge < -0.3 is 20.4 Å². The van der Waals surface area contributed by atoms with E-state index in [1.165, 1.54) is 48.5 Å². The first kappa shape index (κ1) is 18.2. The SMILES string of the molecule is O=C(O)CC(O)(C(=O)O)C(C(=O)O)(c1ccccc1)c1ccccc1. The van der Waals surface area contributed by atoms with E-state index in [1.807, 2.05) is 0 Å². The zero-order valence-corrected chi connectivity index (χ0v) is 13.0. The van der Waals surface area contributed by atoms with Gasteiger partial charge in [-0.1, -0.05) is 60.7 Å². The van der Waals surface area contributed by atoms with Crippen LogP contribution in [0.1, 0.15) is 17.5 Å². The van der Waals surface area contributed by atoms with Gasteiger partial charge in [0.25, 0.3) is 0 Å². The van der Waals surface area contributed by atoms with E-state index in [4.69, 9.17) is 5.11 Å². The highest BCUT2D eigenvalue weighted by molar-refractivity contribution is 5.99. The lowest BCUT2D eigenvalue weighted by molar-refractivity contribution is -0.180. The van der Waals surface area contributed by atoms with Gasteiger partial charge in [0, 0.05) is 0 Å². The molecule has 7 nitrogen and oxygen atoms in total. The van der Waals surface area contributed by atoms with Gasteiger partial charge in [0.15, 0.2) is 11.0 Å². The highest BCUT2D eigenvalue weighted by Crippen LogP contribution is 2.44. The molecular formula is C18H16O7. The zero-order valence-electron chi connectivity index (χ0n) is 13.0. The summed E-state index contributed by atoms with van der Waals surface area (Å²) in [6, 6.07) is 14.5. The van der Waals surface area contributed by atoms with Gasteiger partial charge >= 0.3 is 17.9 Å². The molecule has 25 heavy (non-hydrogen) atoms. The number of hydrogen-bond acceptors (Lipinski definition) is 4. The second kappa shape index (κ2) is 6.74. The Morgan fingerprint density at radius 3 is 1.40 bits per heavy atom. The molecule has 1 atom stereocenters. The van der Waals surface area contributed by atoms with E-state index in [2.05, 4.69) is 0 Å². The Labute approximate surface area is 142 Å². The smallest absolute Gasteiger partial charge is 0.338 e. The summed E-state index contributed by atoms with van der Waals surface area (Å²) in [5.41, 5.74) is -5.72. The summed E-state index contributed by atoms with van der Waals surface area (Å²) in [5, 5.41) is 39.6. The number of benzene rings is 2. The van der Waals surface area contributed by atoms with Gasteiger partial charge in [-0.25, -0.2) is 4.79 Å². The number of aliphatic carboxylic acids is 3. The summed E-state index contributed by atoms with van der Waals surface area (Å²) in [6.07, 6.45) is -1.29. The number of carbonyl (C=O) groups is 3. The number of aliphatic hydroxyl groups is 1. The average Bonchev–Trinajstić information content (AvgIpc) is 2.56. The van der Waals surface area contributed by atoms with Gasteiger partial charge in [0.2, 0.25) is 0 Å². The molecule has 0 aliphatic heterocycles. The van der Waals surface area contributed by atoms with Crippen molar-refractivity contribution in [2.75, 3.05) is 0 Å². The van der Waals surface area contributed by atoms with Crippen LogP contribution in [-0.4, -0.2) is 43.9 Å². The van der Waals surface area contributed by atoms with Crippen LogP contribution < -0.4 is 0 Å². The second-order valence-corrected chi connectivity index (χ2v) is 5.52. The molecule has 0 heterocycles. The van der Waals surface area contributed by atoms with Crippen LogP contribution in [0.2, 0.25) is 0 Å². The average molecular weight is 344 g/mol. The van der Waals surface area contributed by atoms with E-state index in [0.717, 1.165) is 0 Å². The fraction of sp³-hybridized carbons (Fsp3) is 0.167. The summed E-state index contributed by atoms with van der Waals surface area (Å²) in [4.78, 5) is 35.5. The third-order valence-electron chi connectivity index (χ3n) is 4.12. The molecule has 0 amide bonds. The van der Waals surface area contributed by atoms with Crippen molar-refractivity contribution in [2.45, 2.75) is 17.4 Å². The van der Waals surface area contributed by atoms with Gasteiger partial charge in [-0.15, -0.1) is 0 Å². The fourth-order valence-corrected chi connectivity index (χ4v) is 3.03. The minimum Gasteiger partial charge on any atom is -0.481 e. The molecule has 0 saturated heterocycles. The van der Waals surface area contributed by atoms with Crippen LogP contribution >= 0.6 is 0 Å². The molecule has 2 aromatic carbocycles. The minimum atomic E-state index is -3.12. The van der Waals surface area contributed by atoms with Crippen molar-refractivity contribution in [3.63, 3.8) is 0 Å².